The van der Waals surface area contributed by atoms with Crippen LogP contribution in [0.3, 0.4) is 0 Å². The Bertz CT molecular complexity index is 1050. The van der Waals surface area contributed by atoms with Crippen molar-refractivity contribution in [3.63, 3.8) is 0 Å². The first-order chi connectivity index (χ1) is 17.6. The highest BCUT2D eigenvalue weighted by molar-refractivity contribution is 6.30. The number of rotatable bonds is 12. The smallest absolute Gasteiger partial charge is 0.142 e. The van der Waals surface area contributed by atoms with Crippen molar-refractivity contribution in [3.05, 3.63) is 105 Å². The van der Waals surface area contributed by atoms with E-state index in [-0.39, 0.29) is 10.8 Å². The van der Waals surface area contributed by atoms with Crippen molar-refractivity contribution < 1.29 is 4.39 Å². The van der Waals surface area contributed by atoms with E-state index in [0.29, 0.717) is 0 Å². The fraction of sp³-hybridized carbons (Fsp3) is 0.471. The summed E-state index contributed by atoms with van der Waals surface area (Å²) in [4.78, 5) is 0. The standard InChI is InChI=1S/C34H42ClF/c1-2-3-4-26-5-7-27(8-6-26)9-10-28-11-13-29(14-12-28)15-16-30-17-19-31(20-18-30)21-22-32-23-24-33(35)34(36)25-32/h5-8,17-20,23-25,28-29H,2-4,9-16,21-22H2,1H3. The molecule has 0 unspecified atom stereocenters. The Hall–Kier alpha value is -2.12. The highest BCUT2D eigenvalue weighted by Crippen LogP contribution is 2.34. The molecule has 0 heterocycles. The maximum atomic E-state index is 13.6. The molecule has 0 nitrogen and oxygen atoms in total. The highest BCUT2D eigenvalue weighted by Gasteiger charge is 2.21. The molecule has 3 aromatic rings. The first kappa shape index (κ1) is 26.9. The topological polar surface area (TPSA) is 0 Å². The predicted molar refractivity (Wildman–Crippen MR) is 152 cm³/mol. The minimum absolute atomic E-state index is 0.194. The molecule has 0 amide bonds. The van der Waals surface area contributed by atoms with Crippen LogP contribution in [0.4, 0.5) is 4.39 Å². The van der Waals surface area contributed by atoms with E-state index in [1.807, 2.05) is 6.07 Å². The van der Waals surface area contributed by atoms with Crippen LogP contribution in [0.1, 0.15) is 86.1 Å². The molecule has 1 aliphatic carbocycles. The molecule has 1 fully saturated rings. The lowest BCUT2D eigenvalue weighted by atomic mass is 9.77. The molecule has 0 aliphatic heterocycles. The quantitative estimate of drug-likeness (QED) is 0.230. The normalized spacial score (nSPS) is 17.9. The average Bonchev–Trinajstić information content (AvgIpc) is 2.92. The molecule has 192 valence electrons. The lowest BCUT2D eigenvalue weighted by Gasteiger charge is -2.28. The monoisotopic (exact) mass is 504 g/mol. The summed E-state index contributed by atoms with van der Waals surface area (Å²) in [5, 5.41) is 0.194. The van der Waals surface area contributed by atoms with Gasteiger partial charge in [0.1, 0.15) is 5.82 Å². The molecular weight excluding hydrogens is 463 g/mol. The Kier molecular flexibility index (Phi) is 10.5. The number of unbranched alkanes of at least 4 members (excludes halogenated alkanes) is 1. The Morgan fingerprint density at radius 1 is 0.611 bits per heavy atom. The van der Waals surface area contributed by atoms with Gasteiger partial charge in [-0.25, -0.2) is 4.39 Å². The van der Waals surface area contributed by atoms with Gasteiger partial charge in [0, 0.05) is 0 Å². The zero-order valence-corrected chi connectivity index (χ0v) is 22.7. The Morgan fingerprint density at radius 3 is 1.50 bits per heavy atom. The van der Waals surface area contributed by atoms with Gasteiger partial charge in [0.15, 0.2) is 0 Å². The van der Waals surface area contributed by atoms with Gasteiger partial charge in [-0.2, -0.15) is 0 Å². The molecule has 1 aliphatic rings. The van der Waals surface area contributed by atoms with E-state index in [0.717, 1.165) is 30.2 Å². The van der Waals surface area contributed by atoms with Gasteiger partial charge in [-0.15, -0.1) is 0 Å². The minimum atomic E-state index is -0.328. The molecule has 36 heavy (non-hydrogen) atoms. The van der Waals surface area contributed by atoms with Crippen molar-refractivity contribution in [1.29, 1.82) is 0 Å². The van der Waals surface area contributed by atoms with Gasteiger partial charge < -0.3 is 0 Å². The van der Waals surface area contributed by atoms with E-state index in [1.54, 1.807) is 12.1 Å². The average molecular weight is 505 g/mol. The Labute approximate surface area is 223 Å². The zero-order chi connectivity index (χ0) is 25.2. The van der Waals surface area contributed by atoms with Crippen LogP contribution in [0.2, 0.25) is 5.02 Å². The van der Waals surface area contributed by atoms with Gasteiger partial charge in [-0.05, 0) is 103 Å². The molecule has 4 rings (SSSR count). The van der Waals surface area contributed by atoms with Crippen molar-refractivity contribution >= 4 is 11.6 Å². The van der Waals surface area contributed by atoms with Gasteiger partial charge in [-0.3, -0.25) is 0 Å². The summed E-state index contributed by atoms with van der Waals surface area (Å²) >= 11 is 5.79. The summed E-state index contributed by atoms with van der Waals surface area (Å²) in [6.45, 7) is 2.26. The molecule has 0 atom stereocenters. The lowest BCUT2D eigenvalue weighted by Crippen LogP contribution is -2.15. The molecule has 2 heteroatoms. The summed E-state index contributed by atoms with van der Waals surface area (Å²) in [5.74, 6) is 1.47. The number of benzene rings is 3. The second-order valence-electron chi connectivity index (χ2n) is 10.9. The minimum Gasteiger partial charge on any atom is -0.205 e. The molecule has 0 N–H and O–H groups in total. The van der Waals surface area contributed by atoms with Gasteiger partial charge in [0.05, 0.1) is 5.02 Å². The van der Waals surface area contributed by atoms with Gasteiger partial charge in [-0.1, -0.05) is 105 Å². The number of aryl methyl sites for hydroxylation is 5. The molecule has 1 saturated carbocycles. The second kappa shape index (κ2) is 14.0. The van der Waals surface area contributed by atoms with Crippen LogP contribution in [0, 0.1) is 17.7 Å². The summed E-state index contributed by atoms with van der Waals surface area (Å²) in [6.07, 6.45) is 16.2. The Morgan fingerprint density at radius 2 is 1.03 bits per heavy atom. The summed E-state index contributed by atoms with van der Waals surface area (Å²) in [5.41, 5.74) is 6.76. The molecule has 0 saturated heterocycles. The van der Waals surface area contributed by atoms with E-state index in [2.05, 4.69) is 55.5 Å². The van der Waals surface area contributed by atoms with Crippen molar-refractivity contribution in [2.45, 2.75) is 90.4 Å². The van der Waals surface area contributed by atoms with Gasteiger partial charge in [0.25, 0.3) is 0 Å². The SMILES string of the molecule is CCCCc1ccc(CCC2CCC(CCc3ccc(CCc4ccc(Cl)c(F)c4)cc3)CC2)cc1. The van der Waals surface area contributed by atoms with Crippen molar-refractivity contribution in [3.8, 4) is 0 Å². The predicted octanol–water partition coefficient (Wildman–Crippen LogP) is 9.98. The highest BCUT2D eigenvalue weighted by atomic mass is 35.5. The third-order valence-corrected chi connectivity index (χ3v) is 8.51. The van der Waals surface area contributed by atoms with Crippen LogP contribution in [-0.2, 0) is 32.1 Å². The van der Waals surface area contributed by atoms with E-state index in [9.17, 15) is 4.39 Å². The molecule has 3 aromatic carbocycles. The summed E-state index contributed by atoms with van der Waals surface area (Å²) in [6, 6.07) is 23.6. The third-order valence-electron chi connectivity index (χ3n) is 8.20. The maximum absolute atomic E-state index is 13.6. The molecule has 0 spiro atoms. The Balaban J connectivity index is 1.12. The van der Waals surface area contributed by atoms with E-state index in [1.165, 1.54) is 92.9 Å². The lowest BCUT2D eigenvalue weighted by molar-refractivity contribution is 0.253. The van der Waals surface area contributed by atoms with Crippen molar-refractivity contribution in [2.75, 3.05) is 0 Å². The van der Waals surface area contributed by atoms with E-state index < -0.39 is 0 Å². The van der Waals surface area contributed by atoms with Gasteiger partial charge in [0.2, 0.25) is 0 Å². The van der Waals surface area contributed by atoms with E-state index >= 15 is 0 Å². The number of hydrogen-bond donors (Lipinski definition) is 0. The van der Waals surface area contributed by atoms with Crippen molar-refractivity contribution in [1.82, 2.24) is 0 Å². The third kappa shape index (κ3) is 8.48. The molecule has 0 radical (unpaired) electrons. The van der Waals surface area contributed by atoms with Gasteiger partial charge >= 0.3 is 0 Å². The molecular formula is C34H42ClF. The van der Waals surface area contributed by atoms with Crippen LogP contribution >= 0.6 is 11.6 Å². The van der Waals surface area contributed by atoms with Crippen LogP contribution in [-0.4, -0.2) is 0 Å². The molecule has 0 bridgehead atoms. The van der Waals surface area contributed by atoms with E-state index in [4.69, 9.17) is 11.6 Å². The fourth-order valence-electron chi connectivity index (χ4n) is 5.66. The first-order valence-corrected chi connectivity index (χ1v) is 14.6. The van der Waals surface area contributed by atoms with Crippen LogP contribution in [0.15, 0.2) is 66.7 Å². The van der Waals surface area contributed by atoms with Crippen LogP contribution < -0.4 is 0 Å². The van der Waals surface area contributed by atoms with Crippen LogP contribution in [0.5, 0.6) is 0 Å². The van der Waals surface area contributed by atoms with Crippen molar-refractivity contribution in [2.24, 2.45) is 11.8 Å². The number of hydrogen-bond acceptors (Lipinski definition) is 0. The largest absolute Gasteiger partial charge is 0.205 e. The molecule has 0 aromatic heterocycles. The maximum Gasteiger partial charge on any atom is 0.142 e. The fourth-order valence-corrected chi connectivity index (χ4v) is 5.78. The summed E-state index contributed by atoms with van der Waals surface area (Å²) in [7, 11) is 0. The second-order valence-corrected chi connectivity index (χ2v) is 11.4. The zero-order valence-electron chi connectivity index (χ0n) is 22.0. The summed E-state index contributed by atoms with van der Waals surface area (Å²) < 4.78 is 13.6. The number of halogens is 2. The first-order valence-electron chi connectivity index (χ1n) is 14.2. The van der Waals surface area contributed by atoms with Crippen LogP contribution in [0.25, 0.3) is 0 Å².